The lowest BCUT2D eigenvalue weighted by Gasteiger charge is -2.15. The van der Waals surface area contributed by atoms with E-state index in [0.29, 0.717) is 32.2 Å². The summed E-state index contributed by atoms with van der Waals surface area (Å²) in [7, 11) is 0. The molecule has 0 unspecified atom stereocenters. The van der Waals surface area contributed by atoms with Crippen molar-refractivity contribution in [1.82, 2.24) is 10.6 Å². The Labute approximate surface area is 115 Å². The minimum Gasteiger partial charge on any atom is -0.450 e. The summed E-state index contributed by atoms with van der Waals surface area (Å²) in [5.41, 5.74) is 0. The Bertz CT molecular complexity index is 235. The minimum absolute atomic E-state index is 0.373. The maximum absolute atomic E-state index is 11.1. The average molecular weight is 274 g/mol. The molecule has 0 heterocycles. The summed E-state index contributed by atoms with van der Waals surface area (Å²) in [5.74, 6) is 0.462. The topological polar surface area (TPSA) is 76.7 Å². The highest BCUT2D eigenvalue weighted by Gasteiger charge is 2.08. The number of alkyl carbamates (subject to hydrolysis) is 2. The van der Waals surface area contributed by atoms with Gasteiger partial charge in [-0.3, -0.25) is 0 Å². The lowest BCUT2D eigenvalue weighted by Crippen LogP contribution is -2.29. The summed E-state index contributed by atoms with van der Waals surface area (Å²) in [4.78, 5) is 22.2. The first-order valence-corrected chi connectivity index (χ1v) is 6.95. The fourth-order valence-corrected chi connectivity index (χ4v) is 1.67. The molecule has 0 saturated carbocycles. The Hall–Kier alpha value is -1.46. The predicted molar refractivity (Wildman–Crippen MR) is 73.1 cm³/mol. The highest BCUT2D eigenvalue weighted by molar-refractivity contribution is 5.67. The fourth-order valence-electron chi connectivity index (χ4n) is 1.67. The summed E-state index contributed by atoms with van der Waals surface area (Å²) < 4.78 is 9.55. The predicted octanol–water partition coefficient (Wildman–Crippen LogP) is 2.29. The van der Waals surface area contributed by atoms with Crippen molar-refractivity contribution in [2.24, 2.45) is 5.92 Å². The van der Waals surface area contributed by atoms with Gasteiger partial charge in [-0.05, 0) is 32.6 Å². The van der Waals surface area contributed by atoms with Gasteiger partial charge in [0.1, 0.15) is 0 Å². The van der Waals surface area contributed by atoms with Crippen LogP contribution in [0.2, 0.25) is 0 Å². The minimum atomic E-state index is -0.373. The van der Waals surface area contributed by atoms with Crippen LogP contribution in [0.4, 0.5) is 9.59 Å². The zero-order valence-corrected chi connectivity index (χ0v) is 12.2. The van der Waals surface area contributed by atoms with Gasteiger partial charge < -0.3 is 20.1 Å². The molecule has 0 rings (SSSR count). The second kappa shape index (κ2) is 11.6. The molecular weight excluding hydrogens is 248 g/mol. The molecule has 0 aromatic rings. The normalized spacial score (nSPS) is 10.1. The molecule has 2 N–H and O–H groups in total. The first kappa shape index (κ1) is 17.5. The highest BCUT2D eigenvalue weighted by Crippen LogP contribution is 2.11. The van der Waals surface area contributed by atoms with Crippen molar-refractivity contribution in [1.29, 1.82) is 0 Å². The van der Waals surface area contributed by atoms with Gasteiger partial charge in [-0.2, -0.15) is 0 Å². The molecule has 6 heteroatoms. The molecule has 0 saturated heterocycles. The van der Waals surface area contributed by atoms with Crippen molar-refractivity contribution in [3.63, 3.8) is 0 Å². The first-order chi connectivity index (χ1) is 9.13. The largest absolute Gasteiger partial charge is 0.450 e. The van der Waals surface area contributed by atoms with Crippen molar-refractivity contribution in [3.05, 3.63) is 0 Å². The van der Waals surface area contributed by atoms with Gasteiger partial charge in [0.25, 0.3) is 0 Å². The maximum atomic E-state index is 11.1. The van der Waals surface area contributed by atoms with Gasteiger partial charge in [-0.1, -0.05) is 13.3 Å². The van der Waals surface area contributed by atoms with Gasteiger partial charge in [0, 0.05) is 13.1 Å². The monoisotopic (exact) mass is 274 g/mol. The van der Waals surface area contributed by atoms with E-state index >= 15 is 0 Å². The van der Waals surface area contributed by atoms with Gasteiger partial charge in [0.2, 0.25) is 0 Å². The highest BCUT2D eigenvalue weighted by atomic mass is 16.5. The van der Waals surface area contributed by atoms with Crippen molar-refractivity contribution in [2.45, 2.75) is 40.0 Å². The number of ether oxygens (including phenoxy) is 2. The van der Waals surface area contributed by atoms with Crippen molar-refractivity contribution >= 4 is 12.2 Å². The summed E-state index contributed by atoms with van der Waals surface area (Å²) in [6.45, 7) is 7.59. The smallest absolute Gasteiger partial charge is 0.407 e. The lowest BCUT2D eigenvalue weighted by molar-refractivity contribution is 0.151. The molecule has 0 atom stereocenters. The second-order valence-corrected chi connectivity index (χ2v) is 4.15. The molecule has 0 aliphatic heterocycles. The third kappa shape index (κ3) is 10.2. The molecule has 0 aromatic heterocycles. The number of carbonyl (C=O) groups excluding carboxylic acids is 2. The van der Waals surface area contributed by atoms with E-state index < -0.39 is 0 Å². The average Bonchev–Trinajstić information content (AvgIpc) is 2.37. The Kier molecular flexibility index (Phi) is 10.7. The van der Waals surface area contributed by atoms with E-state index in [2.05, 4.69) is 17.6 Å². The van der Waals surface area contributed by atoms with Crippen LogP contribution in [0.5, 0.6) is 0 Å². The maximum Gasteiger partial charge on any atom is 0.407 e. The Morgan fingerprint density at radius 3 is 1.63 bits per heavy atom. The van der Waals surface area contributed by atoms with Crippen molar-refractivity contribution < 1.29 is 19.1 Å². The van der Waals surface area contributed by atoms with Crippen LogP contribution >= 0.6 is 0 Å². The SMILES string of the molecule is CCOC(=O)NCCC(CC)CCNC(=O)OCC. The van der Waals surface area contributed by atoms with Crippen LogP contribution in [-0.4, -0.2) is 38.5 Å². The number of rotatable bonds is 9. The van der Waals surface area contributed by atoms with E-state index in [1.54, 1.807) is 13.8 Å². The van der Waals surface area contributed by atoms with Crippen LogP contribution in [0.3, 0.4) is 0 Å². The van der Waals surface area contributed by atoms with Crippen LogP contribution < -0.4 is 10.6 Å². The molecular formula is C13H26N2O4. The molecule has 0 radical (unpaired) electrons. The third-order valence-electron chi connectivity index (χ3n) is 2.77. The van der Waals surface area contributed by atoms with Gasteiger partial charge >= 0.3 is 12.2 Å². The van der Waals surface area contributed by atoms with E-state index in [1.165, 1.54) is 0 Å². The second-order valence-electron chi connectivity index (χ2n) is 4.15. The fraction of sp³-hybridized carbons (Fsp3) is 0.846. The van der Waals surface area contributed by atoms with E-state index in [-0.39, 0.29) is 12.2 Å². The van der Waals surface area contributed by atoms with Gasteiger partial charge in [-0.25, -0.2) is 9.59 Å². The summed E-state index contributed by atoms with van der Waals surface area (Å²) in [6.07, 6.45) is 2.01. The number of nitrogens with one attached hydrogen (secondary N) is 2. The van der Waals surface area contributed by atoms with E-state index in [4.69, 9.17) is 9.47 Å². The van der Waals surface area contributed by atoms with Gasteiger partial charge in [-0.15, -0.1) is 0 Å². The molecule has 0 spiro atoms. The van der Waals surface area contributed by atoms with Gasteiger partial charge in [0.05, 0.1) is 13.2 Å². The third-order valence-corrected chi connectivity index (χ3v) is 2.77. The van der Waals surface area contributed by atoms with Gasteiger partial charge in [0.15, 0.2) is 0 Å². The molecule has 2 amide bonds. The summed E-state index contributed by atoms with van der Waals surface area (Å²) >= 11 is 0. The Morgan fingerprint density at radius 1 is 0.895 bits per heavy atom. The Balaban J connectivity index is 3.65. The molecule has 0 aromatic carbocycles. The van der Waals surface area contributed by atoms with Crippen LogP contribution in [0.25, 0.3) is 0 Å². The zero-order valence-electron chi connectivity index (χ0n) is 12.2. The number of carbonyl (C=O) groups is 2. The number of hydrogen-bond donors (Lipinski definition) is 2. The van der Waals surface area contributed by atoms with E-state index in [1.807, 2.05) is 0 Å². The Morgan fingerprint density at radius 2 is 1.32 bits per heavy atom. The van der Waals surface area contributed by atoms with Crippen LogP contribution in [0.1, 0.15) is 40.0 Å². The quantitative estimate of drug-likeness (QED) is 0.676. The molecule has 0 aliphatic rings. The molecule has 0 bridgehead atoms. The number of amides is 2. The molecule has 19 heavy (non-hydrogen) atoms. The lowest BCUT2D eigenvalue weighted by atomic mass is 9.98. The first-order valence-electron chi connectivity index (χ1n) is 6.95. The summed E-state index contributed by atoms with van der Waals surface area (Å²) in [5, 5.41) is 5.39. The zero-order chi connectivity index (χ0) is 14.5. The molecule has 0 aliphatic carbocycles. The van der Waals surface area contributed by atoms with E-state index in [9.17, 15) is 9.59 Å². The molecule has 112 valence electrons. The van der Waals surface area contributed by atoms with Crippen molar-refractivity contribution in [2.75, 3.05) is 26.3 Å². The molecule has 6 nitrogen and oxygen atoms in total. The van der Waals surface area contributed by atoms with Crippen LogP contribution in [0, 0.1) is 5.92 Å². The molecule has 0 fully saturated rings. The number of hydrogen-bond acceptors (Lipinski definition) is 4. The summed E-state index contributed by atoms with van der Waals surface area (Å²) in [6, 6.07) is 0. The van der Waals surface area contributed by atoms with E-state index in [0.717, 1.165) is 19.3 Å². The standard InChI is InChI=1S/C13H26N2O4/c1-4-11(7-9-14-12(16)18-5-2)8-10-15-13(17)19-6-3/h11H,4-10H2,1-3H3,(H,14,16)(H,15,17). The van der Waals surface area contributed by atoms with Crippen LogP contribution in [-0.2, 0) is 9.47 Å². The van der Waals surface area contributed by atoms with Crippen LogP contribution in [0.15, 0.2) is 0 Å². The van der Waals surface area contributed by atoms with Crippen molar-refractivity contribution in [3.8, 4) is 0 Å².